The molecule has 0 spiro atoms. The standard InChI is InChI=1S/C27H32N8O/c1-17-13-23(15-24-14-18(2)33-34-24)32-26(30-17)20-5-7-21(8-6-20)27(36)31-19(3)22-9-10-25(28-16-22)35-12-4-11-29-35/h4,9-14,16,19-21H,5-8,15H2,1-3H3,(H,31,36)(H,33,34)/t19-,20?,21?/m0/s1. The zero-order valence-electron chi connectivity index (χ0n) is 21.0. The molecule has 9 heteroatoms. The number of amides is 1. The highest BCUT2D eigenvalue weighted by atomic mass is 16.1. The van der Waals surface area contributed by atoms with Crippen molar-refractivity contribution in [1.29, 1.82) is 0 Å². The molecule has 1 amide bonds. The van der Waals surface area contributed by atoms with Crippen LogP contribution in [0.4, 0.5) is 0 Å². The Labute approximate surface area is 210 Å². The van der Waals surface area contributed by atoms with Crippen molar-refractivity contribution >= 4 is 5.91 Å². The van der Waals surface area contributed by atoms with E-state index in [2.05, 4.69) is 25.6 Å². The summed E-state index contributed by atoms with van der Waals surface area (Å²) in [6.45, 7) is 6.01. The second-order valence-electron chi connectivity index (χ2n) is 9.76. The molecule has 4 aromatic rings. The van der Waals surface area contributed by atoms with Crippen LogP contribution in [0.15, 0.2) is 48.9 Å². The van der Waals surface area contributed by atoms with E-state index in [1.807, 2.05) is 57.3 Å². The van der Waals surface area contributed by atoms with Crippen LogP contribution in [0, 0.1) is 19.8 Å². The van der Waals surface area contributed by atoms with E-state index < -0.39 is 0 Å². The van der Waals surface area contributed by atoms with Crippen LogP contribution in [-0.2, 0) is 11.2 Å². The summed E-state index contributed by atoms with van der Waals surface area (Å²) in [4.78, 5) is 27.1. The van der Waals surface area contributed by atoms with E-state index in [9.17, 15) is 4.79 Å². The van der Waals surface area contributed by atoms with Crippen LogP contribution in [-0.4, -0.2) is 40.8 Å². The van der Waals surface area contributed by atoms with Gasteiger partial charge in [-0.1, -0.05) is 6.07 Å². The molecule has 2 N–H and O–H groups in total. The van der Waals surface area contributed by atoms with E-state index in [1.54, 1.807) is 17.1 Å². The zero-order chi connectivity index (χ0) is 25.1. The highest BCUT2D eigenvalue weighted by Crippen LogP contribution is 2.35. The molecule has 0 radical (unpaired) electrons. The number of H-pyrrole nitrogens is 1. The number of nitrogens with zero attached hydrogens (tertiary/aromatic N) is 6. The molecular weight excluding hydrogens is 452 g/mol. The molecule has 0 aromatic carbocycles. The largest absolute Gasteiger partial charge is 0.349 e. The van der Waals surface area contributed by atoms with Crippen molar-refractivity contribution in [2.24, 2.45) is 5.92 Å². The Balaban J connectivity index is 1.16. The van der Waals surface area contributed by atoms with Gasteiger partial charge in [0.2, 0.25) is 5.91 Å². The lowest BCUT2D eigenvalue weighted by atomic mass is 9.81. The summed E-state index contributed by atoms with van der Waals surface area (Å²) < 4.78 is 1.71. The third kappa shape index (κ3) is 5.50. The topological polar surface area (TPSA) is 114 Å². The predicted octanol–water partition coefficient (Wildman–Crippen LogP) is 4.14. The average molecular weight is 485 g/mol. The highest BCUT2D eigenvalue weighted by Gasteiger charge is 2.29. The van der Waals surface area contributed by atoms with Gasteiger partial charge < -0.3 is 5.32 Å². The van der Waals surface area contributed by atoms with Crippen LogP contribution in [0.5, 0.6) is 0 Å². The number of aromatic nitrogens is 7. The maximum Gasteiger partial charge on any atom is 0.223 e. The number of aromatic amines is 1. The Bertz CT molecular complexity index is 1300. The van der Waals surface area contributed by atoms with E-state index in [-0.39, 0.29) is 23.8 Å². The molecule has 1 saturated carbocycles. The Morgan fingerprint density at radius 3 is 2.64 bits per heavy atom. The lowest BCUT2D eigenvalue weighted by molar-refractivity contribution is -0.126. The van der Waals surface area contributed by atoms with Crippen LogP contribution in [0.2, 0.25) is 0 Å². The first kappa shape index (κ1) is 23.8. The highest BCUT2D eigenvalue weighted by molar-refractivity contribution is 5.79. The fourth-order valence-electron chi connectivity index (χ4n) is 4.90. The van der Waals surface area contributed by atoms with Gasteiger partial charge in [0.25, 0.3) is 0 Å². The first-order valence-electron chi connectivity index (χ1n) is 12.6. The number of hydrogen-bond donors (Lipinski definition) is 2. The molecule has 1 fully saturated rings. The van der Waals surface area contributed by atoms with Crippen molar-refractivity contribution in [2.75, 3.05) is 0 Å². The average Bonchev–Trinajstić information content (AvgIpc) is 3.56. The van der Waals surface area contributed by atoms with Crippen molar-refractivity contribution < 1.29 is 4.79 Å². The number of carbonyl (C=O) groups excluding carboxylic acids is 1. The quantitative estimate of drug-likeness (QED) is 0.407. The molecule has 1 atom stereocenters. The van der Waals surface area contributed by atoms with Gasteiger partial charge >= 0.3 is 0 Å². The van der Waals surface area contributed by atoms with Crippen LogP contribution in [0.25, 0.3) is 5.82 Å². The normalized spacial score (nSPS) is 18.6. The first-order chi connectivity index (χ1) is 17.4. The Morgan fingerprint density at radius 1 is 1.14 bits per heavy atom. The summed E-state index contributed by atoms with van der Waals surface area (Å²) in [6.07, 6.45) is 9.57. The molecule has 5 rings (SSSR count). The molecule has 0 unspecified atom stereocenters. The van der Waals surface area contributed by atoms with Crippen LogP contribution >= 0.6 is 0 Å². The van der Waals surface area contributed by atoms with Crippen molar-refractivity contribution in [1.82, 2.24) is 40.2 Å². The van der Waals surface area contributed by atoms with Crippen molar-refractivity contribution in [3.63, 3.8) is 0 Å². The van der Waals surface area contributed by atoms with Crippen molar-refractivity contribution in [2.45, 2.75) is 64.8 Å². The summed E-state index contributed by atoms with van der Waals surface area (Å²) in [6, 6.07) is 9.74. The maximum atomic E-state index is 13.0. The molecule has 4 aromatic heterocycles. The lowest BCUT2D eigenvalue weighted by Crippen LogP contribution is -2.34. The second kappa shape index (κ2) is 10.4. The van der Waals surface area contributed by atoms with Gasteiger partial charge in [0.05, 0.1) is 17.4 Å². The van der Waals surface area contributed by atoms with Gasteiger partial charge in [0.15, 0.2) is 5.82 Å². The number of pyridine rings is 1. The van der Waals surface area contributed by atoms with E-state index in [4.69, 9.17) is 9.97 Å². The molecular formula is C27H32N8O. The third-order valence-corrected chi connectivity index (χ3v) is 6.88. The third-order valence-electron chi connectivity index (χ3n) is 6.88. The minimum Gasteiger partial charge on any atom is -0.349 e. The van der Waals surface area contributed by atoms with E-state index in [1.165, 1.54) is 0 Å². The molecule has 0 saturated heterocycles. The molecule has 9 nitrogen and oxygen atoms in total. The molecule has 4 heterocycles. The maximum absolute atomic E-state index is 13.0. The van der Waals surface area contributed by atoms with Crippen LogP contribution < -0.4 is 5.32 Å². The smallest absolute Gasteiger partial charge is 0.223 e. The summed E-state index contributed by atoms with van der Waals surface area (Å²) in [7, 11) is 0. The minimum absolute atomic E-state index is 0.0105. The van der Waals surface area contributed by atoms with E-state index in [0.29, 0.717) is 6.42 Å². The molecule has 36 heavy (non-hydrogen) atoms. The van der Waals surface area contributed by atoms with E-state index in [0.717, 1.165) is 65.7 Å². The van der Waals surface area contributed by atoms with Gasteiger partial charge in [-0.25, -0.2) is 19.6 Å². The SMILES string of the molecule is Cc1cc(Cc2cc(C)[nH]n2)nc(C2CCC(C(=O)N[C@@H](C)c3ccc(-n4cccn4)nc3)CC2)n1. The molecule has 186 valence electrons. The van der Waals surface area contributed by atoms with Crippen LogP contribution in [0.1, 0.15) is 78.7 Å². The Morgan fingerprint density at radius 2 is 1.97 bits per heavy atom. The molecule has 1 aliphatic rings. The molecule has 0 bridgehead atoms. The number of aryl methyl sites for hydroxylation is 2. The molecule has 1 aliphatic carbocycles. The van der Waals surface area contributed by atoms with Gasteiger partial charge in [0.1, 0.15) is 5.82 Å². The predicted molar refractivity (Wildman–Crippen MR) is 136 cm³/mol. The number of hydrogen-bond acceptors (Lipinski definition) is 6. The minimum atomic E-state index is -0.109. The monoisotopic (exact) mass is 484 g/mol. The Hall–Kier alpha value is -3.88. The first-order valence-corrected chi connectivity index (χ1v) is 12.6. The fourth-order valence-corrected chi connectivity index (χ4v) is 4.90. The summed E-state index contributed by atoms with van der Waals surface area (Å²) in [5.41, 5.74) is 4.97. The van der Waals surface area contributed by atoms with Gasteiger partial charge in [-0.2, -0.15) is 10.2 Å². The zero-order valence-corrected chi connectivity index (χ0v) is 21.0. The summed E-state index contributed by atoms with van der Waals surface area (Å²) in [5.74, 6) is 2.05. The fraction of sp³-hybridized carbons (Fsp3) is 0.407. The number of rotatable bonds is 7. The molecule has 0 aliphatic heterocycles. The summed E-state index contributed by atoms with van der Waals surface area (Å²) >= 11 is 0. The number of carbonyl (C=O) groups is 1. The lowest BCUT2D eigenvalue weighted by Gasteiger charge is -2.28. The van der Waals surface area contributed by atoms with Crippen LogP contribution in [0.3, 0.4) is 0 Å². The van der Waals surface area contributed by atoms with Gasteiger partial charge in [-0.05, 0) is 76.3 Å². The Kier molecular flexibility index (Phi) is 6.88. The number of nitrogens with one attached hydrogen (secondary N) is 2. The van der Waals surface area contributed by atoms with E-state index >= 15 is 0 Å². The summed E-state index contributed by atoms with van der Waals surface area (Å²) in [5, 5.41) is 14.7. The van der Waals surface area contributed by atoms with Crippen molar-refractivity contribution in [3.8, 4) is 5.82 Å². The van der Waals surface area contributed by atoms with Crippen molar-refractivity contribution in [3.05, 3.63) is 83.1 Å². The van der Waals surface area contributed by atoms with Gasteiger partial charge in [0, 0.05) is 48.2 Å². The van der Waals surface area contributed by atoms with Gasteiger partial charge in [-0.3, -0.25) is 9.89 Å². The van der Waals surface area contributed by atoms with Gasteiger partial charge in [-0.15, -0.1) is 0 Å². The second-order valence-corrected chi connectivity index (χ2v) is 9.76.